The van der Waals surface area contributed by atoms with Crippen molar-refractivity contribution in [3.63, 3.8) is 0 Å². The molecule has 0 radical (unpaired) electrons. The van der Waals surface area contributed by atoms with Crippen LogP contribution in [0.5, 0.6) is 11.5 Å². The first kappa shape index (κ1) is 14.1. The van der Waals surface area contributed by atoms with Crippen molar-refractivity contribution in [1.82, 2.24) is 0 Å². The van der Waals surface area contributed by atoms with Crippen LogP contribution in [0.3, 0.4) is 0 Å². The van der Waals surface area contributed by atoms with Crippen molar-refractivity contribution in [3.8, 4) is 11.5 Å². The number of ether oxygens (including phenoxy) is 1. The standard InChI is InChI=1S/C15H12BrClO2/c16-10-13(18)9-11-1-5-14(6-2-11)19-15-7-3-12(17)4-8-15/h1-8H,9-10H2. The van der Waals surface area contributed by atoms with Crippen LogP contribution in [-0.2, 0) is 11.2 Å². The Hall–Kier alpha value is -1.32. The van der Waals surface area contributed by atoms with Gasteiger partial charge in [-0.1, -0.05) is 39.7 Å². The van der Waals surface area contributed by atoms with Crippen LogP contribution < -0.4 is 4.74 Å². The maximum atomic E-state index is 11.3. The molecule has 98 valence electrons. The predicted octanol–water partition coefficient (Wildman–Crippen LogP) is 4.64. The number of hydrogen-bond donors (Lipinski definition) is 0. The Morgan fingerprint density at radius 2 is 1.53 bits per heavy atom. The van der Waals surface area contributed by atoms with Gasteiger partial charge >= 0.3 is 0 Å². The largest absolute Gasteiger partial charge is 0.457 e. The van der Waals surface area contributed by atoms with E-state index >= 15 is 0 Å². The average Bonchev–Trinajstić information content (AvgIpc) is 2.43. The summed E-state index contributed by atoms with van der Waals surface area (Å²) in [5, 5.41) is 1.06. The zero-order valence-electron chi connectivity index (χ0n) is 10.1. The van der Waals surface area contributed by atoms with Gasteiger partial charge < -0.3 is 4.74 Å². The summed E-state index contributed by atoms with van der Waals surface area (Å²) < 4.78 is 5.67. The molecule has 2 rings (SSSR count). The molecule has 0 unspecified atom stereocenters. The third kappa shape index (κ3) is 4.37. The van der Waals surface area contributed by atoms with Gasteiger partial charge in [-0.15, -0.1) is 0 Å². The number of benzene rings is 2. The lowest BCUT2D eigenvalue weighted by molar-refractivity contribution is -0.115. The van der Waals surface area contributed by atoms with Crippen LogP contribution in [0, 0.1) is 0 Å². The highest BCUT2D eigenvalue weighted by atomic mass is 79.9. The van der Waals surface area contributed by atoms with Crippen molar-refractivity contribution in [1.29, 1.82) is 0 Å². The minimum Gasteiger partial charge on any atom is -0.457 e. The lowest BCUT2D eigenvalue weighted by Crippen LogP contribution is -2.02. The summed E-state index contributed by atoms with van der Waals surface area (Å²) in [4.78, 5) is 11.3. The molecule has 0 spiro atoms. The molecule has 0 saturated carbocycles. The third-order valence-corrected chi connectivity index (χ3v) is 3.40. The molecule has 0 heterocycles. The van der Waals surface area contributed by atoms with Gasteiger partial charge in [0.15, 0.2) is 0 Å². The number of rotatable bonds is 5. The van der Waals surface area contributed by atoms with E-state index in [2.05, 4.69) is 15.9 Å². The van der Waals surface area contributed by atoms with Crippen molar-refractivity contribution in [3.05, 3.63) is 59.1 Å². The molecular formula is C15H12BrClO2. The fraction of sp³-hybridized carbons (Fsp3) is 0.133. The molecule has 4 heteroatoms. The normalized spacial score (nSPS) is 10.2. The zero-order chi connectivity index (χ0) is 13.7. The highest BCUT2D eigenvalue weighted by molar-refractivity contribution is 9.09. The fourth-order valence-electron chi connectivity index (χ4n) is 1.59. The summed E-state index contributed by atoms with van der Waals surface area (Å²) in [5.41, 5.74) is 0.980. The third-order valence-electron chi connectivity index (χ3n) is 2.52. The summed E-state index contributed by atoms with van der Waals surface area (Å²) >= 11 is 8.96. The summed E-state index contributed by atoms with van der Waals surface area (Å²) in [7, 11) is 0. The Morgan fingerprint density at radius 3 is 2.05 bits per heavy atom. The van der Waals surface area contributed by atoms with E-state index in [-0.39, 0.29) is 5.78 Å². The van der Waals surface area contributed by atoms with Crippen LogP contribution in [0.2, 0.25) is 5.02 Å². The van der Waals surface area contributed by atoms with E-state index in [9.17, 15) is 4.79 Å². The summed E-state index contributed by atoms with van der Waals surface area (Å²) in [6, 6.07) is 14.7. The number of ketones is 1. The Morgan fingerprint density at radius 1 is 1.00 bits per heavy atom. The molecule has 2 aromatic carbocycles. The van der Waals surface area contributed by atoms with Crippen molar-refractivity contribution in [2.45, 2.75) is 6.42 Å². The highest BCUT2D eigenvalue weighted by Gasteiger charge is 2.02. The topological polar surface area (TPSA) is 26.3 Å². The Bertz CT molecular complexity index is 549. The molecule has 0 atom stereocenters. The van der Waals surface area contributed by atoms with Crippen LogP contribution in [-0.4, -0.2) is 11.1 Å². The molecule has 0 N–H and O–H groups in total. The van der Waals surface area contributed by atoms with E-state index < -0.39 is 0 Å². The molecule has 19 heavy (non-hydrogen) atoms. The van der Waals surface area contributed by atoms with Gasteiger partial charge in [0.25, 0.3) is 0 Å². The zero-order valence-corrected chi connectivity index (χ0v) is 12.4. The molecule has 2 nitrogen and oxygen atoms in total. The number of carbonyl (C=O) groups excluding carboxylic acids is 1. The van der Waals surface area contributed by atoms with Crippen molar-refractivity contribution in [2.24, 2.45) is 0 Å². The molecule has 0 aliphatic heterocycles. The van der Waals surface area contributed by atoms with E-state index in [1.54, 1.807) is 12.1 Å². The van der Waals surface area contributed by atoms with Crippen molar-refractivity contribution in [2.75, 3.05) is 5.33 Å². The second-order valence-corrected chi connectivity index (χ2v) is 5.05. The lowest BCUT2D eigenvalue weighted by atomic mass is 10.1. The van der Waals surface area contributed by atoms with Gasteiger partial charge in [-0.2, -0.15) is 0 Å². The predicted molar refractivity (Wildman–Crippen MR) is 80.5 cm³/mol. The molecular weight excluding hydrogens is 328 g/mol. The van der Waals surface area contributed by atoms with E-state index in [0.29, 0.717) is 16.8 Å². The molecule has 0 amide bonds. The van der Waals surface area contributed by atoms with Gasteiger partial charge in [0.05, 0.1) is 5.33 Å². The van der Waals surface area contributed by atoms with Gasteiger partial charge in [0, 0.05) is 11.4 Å². The molecule has 0 aliphatic rings. The highest BCUT2D eigenvalue weighted by Crippen LogP contribution is 2.23. The minimum atomic E-state index is 0.159. The van der Waals surface area contributed by atoms with Crippen LogP contribution in [0.4, 0.5) is 0 Å². The quantitative estimate of drug-likeness (QED) is 0.742. The summed E-state index contributed by atoms with van der Waals surface area (Å²) in [5.74, 6) is 1.62. The smallest absolute Gasteiger partial charge is 0.147 e. The average molecular weight is 340 g/mol. The molecule has 2 aromatic rings. The SMILES string of the molecule is O=C(CBr)Cc1ccc(Oc2ccc(Cl)cc2)cc1. The molecule has 0 saturated heterocycles. The van der Waals surface area contributed by atoms with Crippen LogP contribution in [0.25, 0.3) is 0 Å². The second kappa shape index (κ2) is 6.73. The first-order valence-corrected chi connectivity index (χ1v) is 7.27. The van der Waals surface area contributed by atoms with Crippen molar-refractivity contribution < 1.29 is 9.53 Å². The molecule has 0 bridgehead atoms. The first-order valence-electron chi connectivity index (χ1n) is 5.77. The maximum absolute atomic E-state index is 11.3. The van der Waals surface area contributed by atoms with Gasteiger partial charge in [-0.3, -0.25) is 4.79 Å². The maximum Gasteiger partial charge on any atom is 0.147 e. The molecule has 0 aromatic heterocycles. The van der Waals surface area contributed by atoms with Crippen molar-refractivity contribution >= 4 is 33.3 Å². The van der Waals surface area contributed by atoms with E-state index in [0.717, 1.165) is 17.1 Å². The summed E-state index contributed by atoms with van der Waals surface area (Å²) in [6.07, 6.45) is 0.437. The first-order chi connectivity index (χ1) is 9.17. The fourth-order valence-corrected chi connectivity index (χ4v) is 1.91. The van der Waals surface area contributed by atoms with Crippen LogP contribution >= 0.6 is 27.5 Å². The lowest BCUT2D eigenvalue weighted by Gasteiger charge is -2.06. The van der Waals surface area contributed by atoms with Gasteiger partial charge in [0.2, 0.25) is 0 Å². The van der Waals surface area contributed by atoms with E-state index in [1.165, 1.54) is 0 Å². The number of alkyl halides is 1. The second-order valence-electron chi connectivity index (χ2n) is 4.05. The summed E-state index contributed by atoms with van der Waals surface area (Å²) in [6.45, 7) is 0. The number of Topliss-reactive ketones (excluding diaryl/α,β-unsaturated/α-hetero) is 1. The monoisotopic (exact) mass is 338 g/mol. The Labute approximate surface area is 125 Å². The van der Waals surface area contributed by atoms with Crippen LogP contribution in [0.15, 0.2) is 48.5 Å². The van der Waals surface area contributed by atoms with Gasteiger partial charge in [-0.05, 0) is 42.0 Å². The molecule has 0 aliphatic carbocycles. The van der Waals surface area contributed by atoms with E-state index in [1.807, 2.05) is 36.4 Å². The Kier molecular flexibility index (Phi) is 5.00. The number of halogens is 2. The van der Waals surface area contributed by atoms with Crippen LogP contribution in [0.1, 0.15) is 5.56 Å². The van der Waals surface area contributed by atoms with Gasteiger partial charge in [-0.25, -0.2) is 0 Å². The molecule has 0 fully saturated rings. The number of carbonyl (C=O) groups is 1. The van der Waals surface area contributed by atoms with Gasteiger partial charge in [0.1, 0.15) is 17.3 Å². The Balaban J connectivity index is 2.02. The van der Waals surface area contributed by atoms with E-state index in [4.69, 9.17) is 16.3 Å². The minimum absolute atomic E-state index is 0.159. The number of hydrogen-bond acceptors (Lipinski definition) is 2.